The van der Waals surface area contributed by atoms with Crippen molar-refractivity contribution in [1.82, 2.24) is 15.0 Å². The monoisotopic (exact) mass is 382 g/mol. The lowest BCUT2D eigenvalue weighted by molar-refractivity contribution is 0.840. The quantitative estimate of drug-likeness (QED) is 0.364. The van der Waals surface area contributed by atoms with Crippen LogP contribution in [0.5, 0.6) is 0 Å². The Hall–Kier alpha value is -2.43. The van der Waals surface area contributed by atoms with Gasteiger partial charge in [-0.15, -0.1) is 0 Å². The van der Waals surface area contributed by atoms with Gasteiger partial charge in [0.05, 0.1) is 16.7 Å². The Morgan fingerprint density at radius 2 is 1.77 bits per heavy atom. The van der Waals surface area contributed by atoms with Gasteiger partial charge in [-0.2, -0.15) is 0 Å². The van der Waals surface area contributed by atoms with Crippen molar-refractivity contribution in [3.05, 3.63) is 70.7 Å². The average molecular weight is 383 g/mol. The minimum absolute atomic E-state index is 0.295. The lowest BCUT2D eigenvalue weighted by Gasteiger charge is -2.10. The molecule has 2 aromatic heterocycles. The number of para-hydroxylation sites is 1. The number of aryl methyl sites for hydroxylation is 1. The zero-order valence-electron chi connectivity index (χ0n) is 13.9. The van der Waals surface area contributed by atoms with Crippen LogP contribution < -0.4 is 5.32 Å². The van der Waals surface area contributed by atoms with Gasteiger partial charge in [-0.05, 0) is 54.8 Å². The van der Waals surface area contributed by atoms with Crippen molar-refractivity contribution < 1.29 is 0 Å². The van der Waals surface area contributed by atoms with Crippen molar-refractivity contribution in [3.8, 4) is 0 Å². The Labute approximate surface area is 161 Å². The van der Waals surface area contributed by atoms with Gasteiger partial charge < -0.3 is 5.32 Å². The molecule has 2 heterocycles. The first-order chi connectivity index (χ1) is 12.7. The molecular formula is C20H16Cl2N4. The molecule has 0 atom stereocenters. The fourth-order valence-electron chi connectivity index (χ4n) is 3.06. The minimum Gasteiger partial charge on any atom is -0.384 e. The lowest BCUT2D eigenvalue weighted by Crippen LogP contribution is -2.05. The van der Waals surface area contributed by atoms with Gasteiger partial charge in [-0.3, -0.25) is 4.98 Å². The van der Waals surface area contributed by atoms with Crippen LogP contribution in [0.1, 0.15) is 12.1 Å². The van der Waals surface area contributed by atoms with Crippen LogP contribution in [-0.4, -0.2) is 21.5 Å². The third-order valence-corrected chi connectivity index (χ3v) is 4.67. The number of benzene rings is 2. The zero-order chi connectivity index (χ0) is 17.9. The highest BCUT2D eigenvalue weighted by Crippen LogP contribution is 2.24. The van der Waals surface area contributed by atoms with Crippen molar-refractivity contribution in [1.29, 1.82) is 0 Å². The number of pyridine rings is 1. The number of nitrogens with zero attached hydrogens (tertiary/aromatic N) is 3. The summed E-state index contributed by atoms with van der Waals surface area (Å²) in [7, 11) is 0. The summed E-state index contributed by atoms with van der Waals surface area (Å²) in [4.78, 5) is 13.0. The summed E-state index contributed by atoms with van der Waals surface area (Å²) in [5, 5.41) is 6.58. The van der Waals surface area contributed by atoms with E-state index >= 15 is 0 Å². The third-order valence-electron chi connectivity index (χ3n) is 4.27. The third kappa shape index (κ3) is 3.57. The fraction of sp³-hybridized carbons (Fsp3) is 0.150. The van der Waals surface area contributed by atoms with Crippen molar-refractivity contribution in [2.24, 2.45) is 0 Å². The van der Waals surface area contributed by atoms with E-state index in [0.29, 0.717) is 10.3 Å². The predicted octanol–water partition coefficient (Wildman–Crippen LogP) is 5.53. The molecule has 4 rings (SSSR count). The van der Waals surface area contributed by atoms with Gasteiger partial charge in [0, 0.05) is 34.2 Å². The van der Waals surface area contributed by atoms with E-state index < -0.39 is 0 Å². The molecule has 0 radical (unpaired) electrons. The summed E-state index contributed by atoms with van der Waals surface area (Å²) < 4.78 is 0. The van der Waals surface area contributed by atoms with Gasteiger partial charge in [0.25, 0.3) is 0 Å². The van der Waals surface area contributed by atoms with E-state index in [1.165, 1.54) is 0 Å². The molecule has 1 N–H and O–H groups in total. The number of anilines is 1. The summed E-state index contributed by atoms with van der Waals surface area (Å²) in [6.07, 6.45) is 3.54. The van der Waals surface area contributed by atoms with Gasteiger partial charge in [-0.1, -0.05) is 29.8 Å². The van der Waals surface area contributed by atoms with Crippen LogP contribution in [0, 0.1) is 0 Å². The number of rotatable bonds is 5. The van der Waals surface area contributed by atoms with Gasteiger partial charge in [0.2, 0.25) is 5.28 Å². The number of hydrogen-bond donors (Lipinski definition) is 1. The summed E-state index contributed by atoms with van der Waals surface area (Å²) in [5.74, 6) is 0. The van der Waals surface area contributed by atoms with Crippen LogP contribution >= 0.6 is 23.2 Å². The van der Waals surface area contributed by atoms with Crippen molar-refractivity contribution >= 4 is 50.7 Å². The van der Waals surface area contributed by atoms with Crippen LogP contribution in [0.4, 0.5) is 5.69 Å². The molecule has 0 amide bonds. The van der Waals surface area contributed by atoms with Crippen LogP contribution in [0.25, 0.3) is 21.8 Å². The van der Waals surface area contributed by atoms with E-state index in [1.54, 1.807) is 6.20 Å². The van der Waals surface area contributed by atoms with Crippen molar-refractivity contribution in [2.45, 2.75) is 12.8 Å². The van der Waals surface area contributed by atoms with Crippen LogP contribution in [0.3, 0.4) is 0 Å². The van der Waals surface area contributed by atoms with E-state index in [1.807, 2.05) is 48.5 Å². The average Bonchev–Trinajstić information content (AvgIpc) is 2.64. The SMILES string of the molecule is Clc1ccc2c(NCCCc3nc(Cl)nc4ccccc34)ccnc2c1. The first kappa shape index (κ1) is 17.0. The van der Waals surface area contributed by atoms with E-state index in [0.717, 1.165) is 52.6 Å². The van der Waals surface area contributed by atoms with E-state index in [-0.39, 0.29) is 0 Å². The largest absolute Gasteiger partial charge is 0.384 e. The Morgan fingerprint density at radius 3 is 2.69 bits per heavy atom. The molecule has 0 aliphatic heterocycles. The van der Waals surface area contributed by atoms with E-state index in [2.05, 4.69) is 20.3 Å². The molecule has 4 aromatic rings. The number of halogens is 2. The van der Waals surface area contributed by atoms with Gasteiger partial charge >= 0.3 is 0 Å². The standard InChI is InChI=1S/C20H16Cl2N4/c21-13-7-8-15-16(9-11-24-19(15)12-13)23-10-3-6-18-14-4-1-2-5-17(14)25-20(22)26-18/h1-2,4-5,7-9,11-12H,3,6,10H2,(H,23,24). The first-order valence-corrected chi connectivity index (χ1v) is 9.15. The number of fused-ring (bicyclic) bond motifs is 2. The highest BCUT2D eigenvalue weighted by atomic mass is 35.5. The maximum atomic E-state index is 6.06. The highest BCUT2D eigenvalue weighted by molar-refractivity contribution is 6.31. The molecule has 0 spiro atoms. The van der Waals surface area contributed by atoms with Gasteiger partial charge in [-0.25, -0.2) is 9.97 Å². The molecule has 0 unspecified atom stereocenters. The summed E-state index contributed by atoms with van der Waals surface area (Å²) >= 11 is 12.1. The van der Waals surface area contributed by atoms with Crippen LogP contribution in [0.15, 0.2) is 54.7 Å². The predicted molar refractivity (Wildman–Crippen MR) is 108 cm³/mol. The molecule has 26 heavy (non-hydrogen) atoms. The second-order valence-electron chi connectivity index (χ2n) is 6.01. The van der Waals surface area contributed by atoms with Crippen molar-refractivity contribution in [3.63, 3.8) is 0 Å². The number of aromatic nitrogens is 3. The maximum absolute atomic E-state index is 6.06. The Kier molecular flexibility index (Phi) is 4.87. The molecule has 4 nitrogen and oxygen atoms in total. The molecular weight excluding hydrogens is 367 g/mol. The molecule has 6 heteroatoms. The van der Waals surface area contributed by atoms with E-state index in [9.17, 15) is 0 Å². The molecule has 0 aliphatic rings. The Balaban J connectivity index is 1.47. The van der Waals surface area contributed by atoms with E-state index in [4.69, 9.17) is 23.2 Å². The molecule has 130 valence electrons. The molecule has 0 aliphatic carbocycles. The lowest BCUT2D eigenvalue weighted by atomic mass is 10.1. The smallest absolute Gasteiger partial charge is 0.223 e. The van der Waals surface area contributed by atoms with Crippen LogP contribution in [0.2, 0.25) is 10.3 Å². The molecule has 0 fully saturated rings. The number of nitrogens with one attached hydrogen (secondary N) is 1. The normalized spacial score (nSPS) is 11.2. The Morgan fingerprint density at radius 1 is 0.885 bits per heavy atom. The molecule has 0 saturated heterocycles. The van der Waals surface area contributed by atoms with Crippen LogP contribution in [-0.2, 0) is 6.42 Å². The highest BCUT2D eigenvalue weighted by Gasteiger charge is 2.07. The first-order valence-electron chi connectivity index (χ1n) is 8.40. The fourth-order valence-corrected chi connectivity index (χ4v) is 3.42. The number of hydrogen-bond acceptors (Lipinski definition) is 4. The molecule has 2 aromatic carbocycles. The summed E-state index contributed by atoms with van der Waals surface area (Å²) in [6.45, 7) is 0.817. The summed E-state index contributed by atoms with van der Waals surface area (Å²) in [5.41, 5.74) is 3.80. The Bertz CT molecular complexity index is 1080. The van der Waals surface area contributed by atoms with Gasteiger partial charge in [0.1, 0.15) is 0 Å². The molecule has 0 saturated carbocycles. The zero-order valence-corrected chi connectivity index (χ0v) is 15.4. The summed E-state index contributed by atoms with van der Waals surface area (Å²) in [6, 6.07) is 15.7. The van der Waals surface area contributed by atoms with Crippen molar-refractivity contribution in [2.75, 3.05) is 11.9 Å². The topological polar surface area (TPSA) is 50.7 Å². The van der Waals surface area contributed by atoms with Gasteiger partial charge in [0.15, 0.2) is 0 Å². The second-order valence-corrected chi connectivity index (χ2v) is 6.78. The second kappa shape index (κ2) is 7.44. The minimum atomic E-state index is 0.295. The molecule has 0 bridgehead atoms. The maximum Gasteiger partial charge on any atom is 0.223 e.